The quantitative estimate of drug-likeness (QED) is 0.759. The molecular weight excluding hydrogens is 414 g/mol. The highest BCUT2D eigenvalue weighted by Gasteiger charge is 2.40. The Labute approximate surface area is 192 Å². The molecule has 0 saturated carbocycles. The second-order valence-corrected chi connectivity index (χ2v) is 9.64. The van der Waals surface area contributed by atoms with Crippen molar-refractivity contribution >= 4 is 23.8 Å². The zero-order chi connectivity index (χ0) is 23.5. The molecule has 8 heteroatoms. The molecular formula is C25H27N7O. The molecule has 4 aliphatic heterocycles. The van der Waals surface area contributed by atoms with Crippen molar-refractivity contribution < 1.29 is 0 Å². The highest BCUT2D eigenvalue weighted by molar-refractivity contribution is 6.06. The van der Waals surface area contributed by atoms with Crippen molar-refractivity contribution in [1.82, 2.24) is 24.8 Å². The van der Waals surface area contributed by atoms with Crippen LogP contribution in [0.25, 0.3) is 12.2 Å². The van der Waals surface area contributed by atoms with Crippen molar-refractivity contribution in [2.24, 2.45) is 20.8 Å². The predicted octanol–water partition coefficient (Wildman–Crippen LogP) is 3.49. The van der Waals surface area contributed by atoms with E-state index in [9.17, 15) is 4.79 Å². The van der Waals surface area contributed by atoms with Crippen LogP contribution >= 0.6 is 0 Å². The first-order chi connectivity index (χ1) is 15.6. The molecule has 0 saturated heterocycles. The van der Waals surface area contributed by atoms with Gasteiger partial charge in [-0.2, -0.15) is 4.98 Å². The molecule has 0 unspecified atom stereocenters. The number of nitrogens with one attached hydrogen (secondary N) is 1. The van der Waals surface area contributed by atoms with Gasteiger partial charge >= 0.3 is 5.69 Å². The minimum Gasteiger partial charge on any atom is -0.336 e. The topological polar surface area (TPSA) is 89.8 Å². The molecule has 0 fully saturated rings. The number of fused-ring (bicyclic) bond motifs is 2. The molecule has 1 aromatic rings. The van der Waals surface area contributed by atoms with Crippen LogP contribution in [0.5, 0.6) is 0 Å². The second-order valence-electron chi connectivity index (χ2n) is 9.64. The molecule has 0 amide bonds. The lowest BCUT2D eigenvalue weighted by atomic mass is 9.81. The molecule has 1 aromatic heterocycles. The summed E-state index contributed by atoms with van der Waals surface area (Å²) in [5.41, 5.74) is 2.82. The monoisotopic (exact) mass is 441 g/mol. The Morgan fingerprint density at radius 2 is 1.33 bits per heavy atom. The third-order valence-electron chi connectivity index (χ3n) is 6.60. The molecule has 0 aliphatic carbocycles. The predicted molar refractivity (Wildman–Crippen MR) is 131 cm³/mol. The van der Waals surface area contributed by atoms with Gasteiger partial charge in [-0.25, -0.2) is 19.8 Å². The summed E-state index contributed by atoms with van der Waals surface area (Å²) >= 11 is 0. The number of hydrogen-bond acceptors (Lipinski definition) is 7. The molecule has 0 atom stereocenters. The number of aromatic nitrogens is 3. The van der Waals surface area contributed by atoms with Gasteiger partial charge in [-0.3, -0.25) is 4.98 Å². The normalized spacial score (nSPS) is 24.5. The van der Waals surface area contributed by atoms with Crippen molar-refractivity contribution in [3.8, 4) is 0 Å². The van der Waals surface area contributed by atoms with Crippen molar-refractivity contribution in [2.75, 3.05) is 14.1 Å². The molecule has 0 aromatic carbocycles. The van der Waals surface area contributed by atoms with Gasteiger partial charge in [-0.1, -0.05) is 39.8 Å². The van der Waals surface area contributed by atoms with Crippen LogP contribution in [0, 0.1) is 10.8 Å². The van der Waals surface area contributed by atoms with E-state index in [0.717, 1.165) is 34.2 Å². The van der Waals surface area contributed by atoms with Gasteiger partial charge in [0.15, 0.2) is 5.82 Å². The van der Waals surface area contributed by atoms with Crippen LogP contribution in [-0.2, 0) is 0 Å². The van der Waals surface area contributed by atoms with Gasteiger partial charge in [0.25, 0.3) is 0 Å². The summed E-state index contributed by atoms with van der Waals surface area (Å²) in [4.78, 5) is 37.5. The first kappa shape index (κ1) is 21.1. The number of aliphatic imine (C=N–C) groups is 2. The van der Waals surface area contributed by atoms with Crippen LogP contribution in [-0.4, -0.2) is 50.5 Å². The van der Waals surface area contributed by atoms with Gasteiger partial charge < -0.3 is 9.80 Å². The Bertz CT molecular complexity index is 1260. The summed E-state index contributed by atoms with van der Waals surface area (Å²) < 4.78 is 0. The van der Waals surface area contributed by atoms with Gasteiger partial charge in [0.2, 0.25) is 0 Å². The lowest BCUT2D eigenvalue weighted by molar-refractivity contribution is 0.565. The Morgan fingerprint density at radius 1 is 0.818 bits per heavy atom. The number of allylic oxidation sites excluding steroid dienone is 6. The first-order valence-corrected chi connectivity index (χ1v) is 10.9. The number of H-pyrrole nitrogens is 1. The minimum atomic E-state index is -0.457. The van der Waals surface area contributed by atoms with Crippen LogP contribution in [0.3, 0.4) is 0 Å². The average Bonchev–Trinajstić information content (AvgIpc) is 3.14. The number of likely N-dealkylation sites (N-methyl/N-ethyl adjacent to an activating group) is 2. The largest absolute Gasteiger partial charge is 0.348 e. The average molecular weight is 442 g/mol. The third-order valence-corrected chi connectivity index (χ3v) is 6.60. The van der Waals surface area contributed by atoms with Gasteiger partial charge in [0.05, 0.1) is 11.4 Å². The fourth-order valence-corrected chi connectivity index (χ4v) is 4.47. The molecule has 33 heavy (non-hydrogen) atoms. The van der Waals surface area contributed by atoms with E-state index < -0.39 is 5.69 Å². The molecule has 1 N–H and O–H groups in total. The van der Waals surface area contributed by atoms with Crippen LogP contribution in [0.4, 0.5) is 0 Å². The van der Waals surface area contributed by atoms with E-state index in [2.05, 4.69) is 54.8 Å². The third kappa shape index (κ3) is 3.33. The lowest BCUT2D eigenvalue weighted by Gasteiger charge is -2.26. The van der Waals surface area contributed by atoms with E-state index in [1.54, 1.807) is 6.08 Å². The number of rotatable bonds is 2. The van der Waals surface area contributed by atoms with Crippen LogP contribution in [0.1, 0.15) is 39.3 Å². The Hall–Kier alpha value is -3.81. The highest BCUT2D eigenvalue weighted by atomic mass is 16.1. The lowest BCUT2D eigenvalue weighted by Crippen LogP contribution is -2.27. The molecule has 8 nitrogen and oxygen atoms in total. The molecule has 5 heterocycles. The highest BCUT2D eigenvalue weighted by Crippen LogP contribution is 2.45. The molecule has 4 aliphatic rings. The number of aromatic amines is 1. The zero-order valence-electron chi connectivity index (χ0n) is 19.7. The fraction of sp³-hybridized carbons (Fsp3) is 0.320. The van der Waals surface area contributed by atoms with E-state index in [4.69, 9.17) is 9.98 Å². The Kier molecular flexibility index (Phi) is 4.53. The first-order valence-electron chi connectivity index (χ1n) is 10.9. The molecule has 0 radical (unpaired) electrons. The summed E-state index contributed by atoms with van der Waals surface area (Å²) in [7, 11) is 3.95. The summed E-state index contributed by atoms with van der Waals surface area (Å²) in [5.74, 6) is 2.55. The van der Waals surface area contributed by atoms with Crippen LogP contribution < -0.4 is 5.69 Å². The van der Waals surface area contributed by atoms with Gasteiger partial charge in [-0.15, -0.1) is 0 Å². The van der Waals surface area contributed by atoms with E-state index in [-0.39, 0.29) is 10.8 Å². The van der Waals surface area contributed by atoms with Crippen molar-refractivity contribution in [3.63, 3.8) is 0 Å². The standard InChI is InChI=1S/C25H27N7O/c1-24(2)15-9-7-11-31(5)21(15)26-17(24)13-19-28-20(30-23(33)29-19)14-18-25(3,4)16-10-8-12-32(6)22(16)27-18/h7-14H,1-6H3,(H,28,29,30,33). The number of nitrogens with zero attached hydrogens (tertiary/aromatic N) is 6. The van der Waals surface area contributed by atoms with Crippen LogP contribution in [0.2, 0.25) is 0 Å². The Morgan fingerprint density at radius 3 is 1.85 bits per heavy atom. The van der Waals surface area contributed by atoms with E-state index in [0.29, 0.717) is 11.6 Å². The van der Waals surface area contributed by atoms with Crippen molar-refractivity contribution in [3.05, 3.63) is 81.4 Å². The van der Waals surface area contributed by atoms with Crippen molar-refractivity contribution in [2.45, 2.75) is 27.7 Å². The number of amidine groups is 2. The van der Waals surface area contributed by atoms with E-state index >= 15 is 0 Å². The maximum Gasteiger partial charge on any atom is 0.348 e. The van der Waals surface area contributed by atoms with Gasteiger partial charge in [-0.05, 0) is 12.2 Å². The van der Waals surface area contributed by atoms with Gasteiger partial charge in [0, 0.05) is 60.6 Å². The molecule has 5 rings (SSSR count). The van der Waals surface area contributed by atoms with Gasteiger partial charge in [0.1, 0.15) is 17.5 Å². The Balaban J connectivity index is 1.55. The fourth-order valence-electron chi connectivity index (χ4n) is 4.47. The SMILES string of the molecule is CN1C=CC=C2C1=NC(=Cc1nc(C=C3N=C4C(=CC=CN4C)C3(C)C)[nH]c(=O)n1)C2(C)C. The summed E-state index contributed by atoms with van der Waals surface area (Å²) in [6.07, 6.45) is 15.8. The second kappa shape index (κ2) is 7.10. The van der Waals surface area contributed by atoms with Crippen LogP contribution in [0.15, 0.2) is 74.0 Å². The minimum absolute atomic E-state index is 0.312. The number of hydrogen-bond donors (Lipinski definition) is 1. The maximum absolute atomic E-state index is 12.4. The smallest absolute Gasteiger partial charge is 0.336 e. The summed E-state index contributed by atoms with van der Waals surface area (Å²) in [5, 5.41) is 0. The molecule has 0 bridgehead atoms. The van der Waals surface area contributed by atoms with Crippen molar-refractivity contribution in [1.29, 1.82) is 0 Å². The van der Waals surface area contributed by atoms with E-state index in [1.807, 2.05) is 54.5 Å². The zero-order valence-corrected chi connectivity index (χ0v) is 19.7. The summed E-state index contributed by atoms with van der Waals surface area (Å²) in [6, 6.07) is 0. The maximum atomic E-state index is 12.4. The molecule has 0 spiro atoms. The molecule has 168 valence electrons. The van der Waals surface area contributed by atoms with E-state index in [1.165, 1.54) is 0 Å². The summed E-state index contributed by atoms with van der Waals surface area (Å²) in [6.45, 7) is 8.46.